The second-order valence-electron chi connectivity index (χ2n) is 8.08. The van der Waals surface area contributed by atoms with Crippen LogP contribution < -0.4 is 16.1 Å². The van der Waals surface area contributed by atoms with E-state index >= 15 is 0 Å². The molecule has 2 aromatic rings. The summed E-state index contributed by atoms with van der Waals surface area (Å²) < 4.78 is 1.93. The Balaban J connectivity index is 1.77. The molecule has 2 N–H and O–H groups in total. The number of likely N-dealkylation sites (tertiary alicyclic amines) is 1. The second kappa shape index (κ2) is 8.32. The number of nitrogens with zero attached hydrogens (tertiary/aromatic N) is 4. The van der Waals surface area contributed by atoms with Gasteiger partial charge in [0.25, 0.3) is 0 Å². The van der Waals surface area contributed by atoms with Crippen molar-refractivity contribution in [3.63, 3.8) is 0 Å². The predicted octanol–water partition coefficient (Wildman–Crippen LogP) is 3.40. The summed E-state index contributed by atoms with van der Waals surface area (Å²) in [5.74, 6) is 0.659. The third kappa shape index (κ3) is 3.68. The lowest BCUT2D eigenvalue weighted by molar-refractivity contribution is 0.156. The Morgan fingerprint density at radius 2 is 2.03 bits per heavy atom. The molecule has 4 heterocycles. The van der Waals surface area contributed by atoms with Crippen LogP contribution in [0.3, 0.4) is 0 Å². The van der Waals surface area contributed by atoms with E-state index in [1.165, 1.54) is 11.3 Å². The number of urea groups is 1. The maximum atomic E-state index is 13.4. The maximum Gasteiger partial charge on any atom is 0.322 e. The second-order valence-corrected chi connectivity index (χ2v) is 9.11. The molecule has 31 heavy (non-hydrogen) atoms. The zero-order valence-corrected chi connectivity index (χ0v) is 19.0. The van der Waals surface area contributed by atoms with Crippen molar-refractivity contribution in [3.8, 4) is 0 Å². The molecular formula is C22H28N6O2S. The van der Waals surface area contributed by atoms with Crippen LogP contribution in [0.25, 0.3) is 17.0 Å². The number of carbonyl (C=O) groups excluding carboxylic acids is 1. The molecule has 0 aliphatic carbocycles. The van der Waals surface area contributed by atoms with Gasteiger partial charge in [-0.05, 0) is 46.0 Å². The number of anilines is 2. The summed E-state index contributed by atoms with van der Waals surface area (Å²) in [6.45, 7) is 11.1. The molecule has 1 fully saturated rings. The molecule has 0 aromatic carbocycles. The Bertz CT molecular complexity index is 1140. The molecule has 4 rings (SSSR count). The number of aliphatic imine (C=N–C) groups is 1. The first-order valence-corrected chi connectivity index (χ1v) is 11.2. The number of thiazole rings is 1. The molecule has 0 spiro atoms. The van der Waals surface area contributed by atoms with Gasteiger partial charge in [0.05, 0.1) is 16.1 Å². The van der Waals surface area contributed by atoms with Gasteiger partial charge in [-0.2, -0.15) is 0 Å². The zero-order chi connectivity index (χ0) is 22.3. The SMILES string of the molecule is C=Cc1sc2c(NC(=O)N3CCC(N(C)C)CC3)c(=O)c3c(n2c1C=C)NC(C)N=C3. The number of carbonyl (C=O) groups is 1. The highest BCUT2D eigenvalue weighted by atomic mass is 32.1. The lowest BCUT2D eigenvalue weighted by atomic mass is 10.0. The molecule has 2 aromatic heterocycles. The summed E-state index contributed by atoms with van der Waals surface area (Å²) in [4.78, 5) is 36.3. The quantitative estimate of drug-likeness (QED) is 0.764. The Morgan fingerprint density at radius 1 is 1.32 bits per heavy atom. The monoisotopic (exact) mass is 440 g/mol. The fraction of sp³-hybridized carbons (Fsp3) is 0.409. The van der Waals surface area contributed by atoms with Gasteiger partial charge < -0.3 is 20.4 Å². The van der Waals surface area contributed by atoms with Crippen LogP contribution in [0.5, 0.6) is 0 Å². The molecule has 1 atom stereocenters. The van der Waals surface area contributed by atoms with Crippen LogP contribution >= 0.6 is 11.3 Å². The van der Waals surface area contributed by atoms with Crippen molar-refractivity contribution in [3.05, 3.63) is 39.5 Å². The molecular weight excluding hydrogens is 412 g/mol. The summed E-state index contributed by atoms with van der Waals surface area (Å²) in [6.07, 6.45) is 6.72. The highest BCUT2D eigenvalue weighted by molar-refractivity contribution is 7.19. The van der Waals surface area contributed by atoms with Crippen molar-refractivity contribution in [2.45, 2.75) is 32.0 Å². The van der Waals surface area contributed by atoms with Crippen molar-refractivity contribution in [1.82, 2.24) is 14.2 Å². The van der Waals surface area contributed by atoms with Gasteiger partial charge in [-0.15, -0.1) is 11.3 Å². The van der Waals surface area contributed by atoms with E-state index in [1.807, 2.05) is 11.3 Å². The Labute approximate surface area is 185 Å². The first kappa shape index (κ1) is 21.3. The van der Waals surface area contributed by atoms with Crippen LogP contribution in [0.4, 0.5) is 16.3 Å². The third-order valence-electron chi connectivity index (χ3n) is 5.93. The number of hydrogen-bond acceptors (Lipinski definition) is 6. The summed E-state index contributed by atoms with van der Waals surface area (Å²) in [5.41, 5.74) is 1.27. The highest BCUT2D eigenvalue weighted by Crippen LogP contribution is 2.34. The van der Waals surface area contributed by atoms with E-state index in [4.69, 9.17) is 0 Å². The number of hydrogen-bond donors (Lipinski definition) is 2. The standard InChI is InChI=1S/C22H28N6O2S/c1-6-16-17(7-2)31-21-18(19(29)15-12-23-13(3)24-20(15)28(16)21)25-22(30)27-10-8-14(9-11-27)26(4)5/h6-7,12-14,24H,1-2,8-11H2,3-5H3,(H,25,30). The number of fused-ring (bicyclic) bond motifs is 3. The average Bonchev–Trinajstić information content (AvgIpc) is 3.15. The molecule has 8 nitrogen and oxygen atoms in total. The fourth-order valence-electron chi connectivity index (χ4n) is 4.17. The van der Waals surface area contributed by atoms with E-state index in [0.29, 0.717) is 35.3 Å². The van der Waals surface area contributed by atoms with Crippen molar-refractivity contribution in [1.29, 1.82) is 0 Å². The van der Waals surface area contributed by atoms with Crippen molar-refractivity contribution < 1.29 is 4.79 Å². The molecule has 0 bridgehead atoms. The fourth-order valence-corrected chi connectivity index (χ4v) is 5.27. The molecule has 2 aliphatic heterocycles. The lowest BCUT2D eigenvalue weighted by Crippen LogP contribution is -2.46. The number of aromatic nitrogens is 1. The first-order chi connectivity index (χ1) is 14.8. The molecule has 1 saturated heterocycles. The van der Waals surface area contributed by atoms with Gasteiger partial charge in [-0.1, -0.05) is 13.2 Å². The van der Waals surface area contributed by atoms with Crippen LogP contribution in [0.1, 0.15) is 35.9 Å². The van der Waals surface area contributed by atoms with E-state index in [0.717, 1.165) is 23.4 Å². The smallest absolute Gasteiger partial charge is 0.322 e. The Morgan fingerprint density at radius 3 is 2.65 bits per heavy atom. The van der Waals surface area contributed by atoms with Gasteiger partial charge in [0.1, 0.15) is 22.5 Å². The van der Waals surface area contributed by atoms with Gasteiger partial charge in [0, 0.05) is 25.3 Å². The number of piperidine rings is 1. The summed E-state index contributed by atoms with van der Waals surface area (Å²) in [6, 6.07) is 0.218. The van der Waals surface area contributed by atoms with E-state index in [2.05, 4.69) is 47.8 Å². The average molecular weight is 441 g/mol. The Hall–Kier alpha value is -2.91. The number of rotatable bonds is 4. The summed E-state index contributed by atoms with van der Waals surface area (Å²) >= 11 is 1.41. The Kier molecular flexibility index (Phi) is 5.72. The molecule has 2 amide bonds. The minimum Gasteiger partial charge on any atom is -0.349 e. The minimum atomic E-state index is -0.251. The van der Waals surface area contributed by atoms with Crippen LogP contribution in [-0.4, -0.2) is 65.8 Å². The largest absolute Gasteiger partial charge is 0.349 e. The molecule has 0 saturated carbocycles. The van der Waals surface area contributed by atoms with E-state index in [-0.39, 0.29) is 23.3 Å². The predicted molar refractivity (Wildman–Crippen MR) is 130 cm³/mol. The van der Waals surface area contributed by atoms with E-state index < -0.39 is 0 Å². The molecule has 0 radical (unpaired) electrons. The van der Waals surface area contributed by atoms with Gasteiger partial charge in [0.2, 0.25) is 5.43 Å². The third-order valence-corrected chi connectivity index (χ3v) is 7.11. The van der Waals surface area contributed by atoms with Crippen molar-refractivity contribution in [2.24, 2.45) is 4.99 Å². The maximum absolute atomic E-state index is 13.4. The summed E-state index contributed by atoms with van der Waals surface area (Å²) in [5, 5.41) is 6.19. The van der Waals surface area contributed by atoms with Gasteiger partial charge >= 0.3 is 6.03 Å². The van der Waals surface area contributed by atoms with Crippen LogP contribution in [0, 0.1) is 0 Å². The topological polar surface area (TPSA) is 81.5 Å². The minimum absolute atomic E-state index is 0.161. The molecule has 9 heteroatoms. The summed E-state index contributed by atoms with van der Waals surface area (Å²) in [7, 11) is 4.12. The van der Waals surface area contributed by atoms with Gasteiger partial charge in [-0.25, -0.2) is 4.79 Å². The molecule has 1 unspecified atom stereocenters. The molecule has 164 valence electrons. The van der Waals surface area contributed by atoms with Crippen LogP contribution in [-0.2, 0) is 0 Å². The zero-order valence-electron chi connectivity index (χ0n) is 18.1. The van der Waals surface area contributed by atoms with E-state index in [9.17, 15) is 9.59 Å². The van der Waals surface area contributed by atoms with Gasteiger partial charge in [-0.3, -0.25) is 14.2 Å². The normalized spacial score (nSPS) is 18.7. The lowest BCUT2D eigenvalue weighted by Gasteiger charge is -2.35. The van der Waals surface area contributed by atoms with E-state index in [1.54, 1.807) is 23.3 Å². The molecule has 2 aliphatic rings. The first-order valence-electron chi connectivity index (χ1n) is 10.4. The number of nitrogens with one attached hydrogen (secondary N) is 2. The highest BCUT2D eigenvalue weighted by Gasteiger charge is 2.28. The van der Waals surface area contributed by atoms with Gasteiger partial charge in [0.15, 0.2) is 0 Å². The number of pyridine rings is 1. The van der Waals surface area contributed by atoms with Crippen molar-refractivity contribution in [2.75, 3.05) is 37.8 Å². The number of amides is 2. The van der Waals surface area contributed by atoms with Crippen LogP contribution in [0.2, 0.25) is 0 Å². The van der Waals surface area contributed by atoms with Crippen molar-refractivity contribution >= 4 is 52.1 Å². The van der Waals surface area contributed by atoms with Crippen LogP contribution in [0.15, 0.2) is 22.9 Å².